The number of carbonyl (C=O) groups is 1. The largest absolute Gasteiger partial charge is 0.392 e. The maximum atomic E-state index is 11.9. The summed E-state index contributed by atoms with van der Waals surface area (Å²) in [5.74, 6) is -0.266. The van der Waals surface area contributed by atoms with Gasteiger partial charge in [-0.1, -0.05) is 12.1 Å². The van der Waals surface area contributed by atoms with Gasteiger partial charge in [0.25, 0.3) is 0 Å². The van der Waals surface area contributed by atoms with E-state index in [0.29, 0.717) is 11.3 Å². The van der Waals surface area contributed by atoms with Crippen LogP contribution >= 0.6 is 0 Å². The quantitative estimate of drug-likeness (QED) is 0.808. The molecule has 0 bridgehead atoms. The number of hydrogen-bond donors (Lipinski definition) is 2. The van der Waals surface area contributed by atoms with Gasteiger partial charge in [0.15, 0.2) is 0 Å². The molecule has 1 atom stereocenters. The first-order valence-electron chi connectivity index (χ1n) is 5.86. The zero-order chi connectivity index (χ0) is 14.2. The van der Waals surface area contributed by atoms with E-state index >= 15 is 0 Å². The van der Waals surface area contributed by atoms with Gasteiger partial charge in [-0.2, -0.15) is 0 Å². The van der Waals surface area contributed by atoms with E-state index in [0.717, 1.165) is 5.56 Å². The molecule has 6 nitrogen and oxygen atoms in total. The Labute approximate surface area is 111 Å². The summed E-state index contributed by atoms with van der Waals surface area (Å²) >= 11 is 0. The van der Waals surface area contributed by atoms with Crippen LogP contribution in [0, 0.1) is 6.92 Å². The van der Waals surface area contributed by atoms with Crippen LogP contribution in [0.3, 0.4) is 0 Å². The van der Waals surface area contributed by atoms with Crippen LogP contribution in [0.5, 0.6) is 0 Å². The van der Waals surface area contributed by atoms with Crippen LogP contribution in [0.2, 0.25) is 0 Å². The van der Waals surface area contributed by atoms with E-state index < -0.39 is 15.3 Å². The molecule has 104 valence electrons. The van der Waals surface area contributed by atoms with Gasteiger partial charge in [-0.3, -0.25) is 4.79 Å². The minimum absolute atomic E-state index is 0.0629. The van der Waals surface area contributed by atoms with E-state index in [1.165, 1.54) is 4.90 Å². The Morgan fingerprint density at radius 3 is 2.68 bits per heavy atom. The van der Waals surface area contributed by atoms with Crippen molar-refractivity contribution in [1.82, 2.24) is 0 Å². The van der Waals surface area contributed by atoms with Crippen LogP contribution in [-0.4, -0.2) is 31.2 Å². The summed E-state index contributed by atoms with van der Waals surface area (Å²) in [6, 6.07) is 5.22. The van der Waals surface area contributed by atoms with Crippen LogP contribution in [0.25, 0.3) is 0 Å². The number of aliphatic hydroxyl groups excluding tert-OH is 1. The summed E-state index contributed by atoms with van der Waals surface area (Å²) in [7, 11) is -3.72. The average molecular weight is 284 g/mol. The number of sulfonamides is 1. The highest BCUT2D eigenvalue weighted by Crippen LogP contribution is 2.28. The molecule has 0 radical (unpaired) electrons. The predicted octanol–water partition coefficient (Wildman–Crippen LogP) is -0.119. The molecule has 1 aromatic carbocycles. The summed E-state index contributed by atoms with van der Waals surface area (Å²) in [5.41, 5.74) is 2.11. The number of nitrogens with zero attached hydrogens (tertiary/aromatic N) is 1. The second-order valence-electron chi connectivity index (χ2n) is 4.64. The zero-order valence-corrected chi connectivity index (χ0v) is 11.4. The Hall–Kier alpha value is -1.44. The Balaban J connectivity index is 2.36. The number of amides is 1. The molecule has 19 heavy (non-hydrogen) atoms. The number of nitrogens with two attached hydrogens (primary N) is 1. The molecule has 0 spiro atoms. The fourth-order valence-corrected chi connectivity index (χ4v) is 2.99. The Morgan fingerprint density at radius 2 is 2.16 bits per heavy atom. The molecule has 1 aromatic rings. The van der Waals surface area contributed by atoms with Crippen LogP contribution in [-0.2, 0) is 21.4 Å². The van der Waals surface area contributed by atoms with Gasteiger partial charge < -0.3 is 10.0 Å². The monoisotopic (exact) mass is 284 g/mol. The van der Waals surface area contributed by atoms with Crippen LogP contribution in [0.15, 0.2) is 18.2 Å². The van der Waals surface area contributed by atoms with Crippen LogP contribution < -0.4 is 10.0 Å². The molecule has 1 amide bonds. The number of benzene rings is 1. The fourth-order valence-electron chi connectivity index (χ4n) is 2.26. The van der Waals surface area contributed by atoms with Gasteiger partial charge in [-0.25, -0.2) is 13.6 Å². The van der Waals surface area contributed by atoms with Crippen molar-refractivity contribution in [2.24, 2.45) is 5.14 Å². The summed E-state index contributed by atoms with van der Waals surface area (Å²) in [4.78, 5) is 13.3. The van der Waals surface area contributed by atoms with E-state index in [2.05, 4.69) is 0 Å². The number of primary sulfonamides is 1. The highest BCUT2D eigenvalue weighted by atomic mass is 32.2. The molecular weight excluding hydrogens is 268 g/mol. The third-order valence-corrected chi connectivity index (χ3v) is 4.68. The Kier molecular flexibility index (Phi) is 3.62. The molecule has 0 saturated carbocycles. The third-order valence-electron chi connectivity index (χ3n) is 3.43. The first kappa shape index (κ1) is 14.0. The lowest BCUT2D eigenvalue weighted by Gasteiger charge is -2.20. The summed E-state index contributed by atoms with van der Waals surface area (Å²) in [5, 5.41) is 13.4. The lowest BCUT2D eigenvalue weighted by Crippen LogP contribution is -2.32. The van der Waals surface area contributed by atoms with Crippen molar-refractivity contribution >= 4 is 21.6 Å². The van der Waals surface area contributed by atoms with E-state index in [4.69, 9.17) is 5.14 Å². The minimum atomic E-state index is -3.72. The molecule has 1 fully saturated rings. The van der Waals surface area contributed by atoms with Crippen molar-refractivity contribution in [2.45, 2.75) is 25.2 Å². The van der Waals surface area contributed by atoms with Crippen molar-refractivity contribution in [3.63, 3.8) is 0 Å². The molecule has 1 aliphatic heterocycles. The van der Waals surface area contributed by atoms with Crippen molar-refractivity contribution in [1.29, 1.82) is 0 Å². The van der Waals surface area contributed by atoms with Gasteiger partial charge in [-0.15, -0.1) is 0 Å². The summed E-state index contributed by atoms with van der Waals surface area (Å²) in [6.45, 7) is 1.73. The highest BCUT2D eigenvalue weighted by molar-refractivity contribution is 7.89. The molecule has 0 aromatic heterocycles. The molecule has 1 heterocycles. The minimum Gasteiger partial charge on any atom is -0.392 e. The topological polar surface area (TPSA) is 101 Å². The van der Waals surface area contributed by atoms with Gasteiger partial charge in [0, 0.05) is 18.7 Å². The number of anilines is 1. The number of hydrogen-bond acceptors (Lipinski definition) is 4. The molecule has 1 unspecified atom stereocenters. The first-order chi connectivity index (χ1) is 8.84. The van der Waals surface area contributed by atoms with E-state index in [-0.39, 0.29) is 25.5 Å². The van der Waals surface area contributed by atoms with Gasteiger partial charge >= 0.3 is 0 Å². The Morgan fingerprint density at radius 1 is 1.47 bits per heavy atom. The second kappa shape index (κ2) is 4.92. The molecule has 0 aliphatic carbocycles. The van der Waals surface area contributed by atoms with Crippen LogP contribution in [0.4, 0.5) is 5.69 Å². The van der Waals surface area contributed by atoms with Crippen LogP contribution in [0.1, 0.15) is 17.5 Å². The molecule has 1 aliphatic rings. The normalized spacial score (nSPS) is 20.1. The molecule has 7 heteroatoms. The van der Waals surface area contributed by atoms with E-state index in [1.807, 2.05) is 0 Å². The smallest absolute Gasteiger partial charge is 0.228 e. The SMILES string of the molecule is Cc1c(CO)cccc1N1CC(S(N)(=O)=O)CC1=O. The lowest BCUT2D eigenvalue weighted by molar-refractivity contribution is -0.117. The van der Waals surface area contributed by atoms with Crippen molar-refractivity contribution in [2.75, 3.05) is 11.4 Å². The van der Waals surface area contributed by atoms with Gasteiger partial charge in [0.1, 0.15) is 5.25 Å². The van der Waals surface area contributed by atoms with E-state index in [1.54, 1.807) is 25.1 Å². The highest BCUT2D eigenvalue weighted by Gasteiger charge is 2.37. The molecule has 1 saturated heterocycles. The van der Waals surface area contributed by atoms with Gasteiger partial charge in [0.05, 0.1) is 6.61 Å². The second-order valence-corrected chi connectivity index (χ2v) is 6.48. The van der Waals surface area contributed by atoms with Gasteiger partial charge in [-0.05, 0) is 24.1 Å². The Bertz CT molecular complexity index is 612. The maximum absolute atomic E-state index is 11.9. The molecular formula is C12H16N2O4S. The summed E-state index contributed by atoms with van der Waals surface area (Å²) in [6.07, 6.45) is -0.0956. The molecule has 2 rings (SSSR count). The maximum Gasteiger partial charge on any atom is 0.228 e. The third kappa shape index (κ3) is 2.63. The van der Waals surface area contributed by atoms with Crippen molar-refractivity contribution in [3.8, 4) is 0 Å². The standard InChI is InChI=1S/C12H16N2O4S/c1-8-9(7-15)3-2-4-11(8)14-6-10(5-12(14)16)19(13,17)18/h2-4,10,15H,5-7H2,1H3,(H2,13,17,18). The lowest BCUT2D eigenvalue weighted by atomic mass is 10.1. The first-order valence-corrected chi connectivity index (χ1v) is 7.47. The fraction of sp³-hybridized carbons (Fsp3) is 0.417. The molecule has 3 N–H and O–H groups in total. The number of rotatable bonds is 3. The van der Waals surface area contributed by atoms with E-state index in [9.17, 15) is 18.3 Å². The van der Waals surface area contributed by atoms with Crippen molar-refractivity contribution < 1.29 is 18.3 Å². The van der Waals surface area contributed by atoms with Gasteiger partial charge in [0.2, 0.25) is 15.9 Å². The predicted molar refractivity (Wildman–Crippen MR) is 71.0 cm³/mol. The average Bonchev–Trinajstić information content (AvgIpc) is 2.71. The zero-order valence-electron chi connectivity index (χ0n) is 10.5. The number of carbonyl (C=O) groups excluding carboxylic acids is 1. The van der Waals surface area contributed by atoms with Crippen molar-refractivity contribution in [3.05, 3.63) is 29.3 Å². The summed E-state index contributed by atoms with van der Waals surface area (Å²) < 4.78 is 22.6. The number of aliphatic hydroxyl groups is 1.